The van der Waals surface area contributed by atoms with Crippen LogP contribution in [0.2, 0.25) is 0 Å². The predicted molar refractivity (Wildman–Crippen MR) is 122 cm³/mol. The van der Waals surface area contributed by atoms with Crippen LogP contribution in [0.3, 0.4) is 0 Å². The van der Waals surface area contributed by atoms with Crippen molar-refractivity contribution in [2.75, 3.05) is 13.2 Å². The van der Waals surface area contributed by atoms with Crippen LogP contribution in [-0.2, 0) is 22.4 Å². The van der Waals surface area contributed by atoms with E-state index >= 15 is 0 Å². The highest BCUT2D eigenvalue weighted by Gasteiger charge is 2.23. The number of carbonyl (C=O) groups is 2. The lowest BCUT2D eigenvalue weighted by Gasteiger charge is -2.08. The molecule has 2 N–H and O–H groups in total. The molecule has 33 heavy (non-hydrogen) atoms. The molecule has 172 valence electrons. The first-order valence-electron chi connectivity index (χ1n) is 11.2. The number of ether oxygens (including phenoxy) is 1. The van der Waals surface area contributed by atoms with Gasteiger partial charge in [-0.15, -0.1) is 0 Å². The summed E-state index contributed by atoms with van der Waals surface area (Å²) in [4.78, 5) is 23.8. The second-order valence-corrected chi connectivity index (χ2v) is 8.12. The fourth-order valence-corrected chi connectivity index (χ4v) is 3.39. The highest BCUT2D eigenvalue weighted by Crippen LogP contribution is 2.25. The van der Waals surface area contributed by atoms with Crippen LogP contribution in [0.1, 0.15) is 30.6 Å². The van der Waals surface area contributed by atoms with E-state index in [2.05, 4.69) is 10.6 Å². The zero-order valence-corrected chi connectivity index (χ0v) is 18.3. The number of furan rings is 1. The van der Waals surface area contributed by atoms with E-state index in [4.69, 9.17) is 9.15 Å². The topological polar surface area (TPSA) is 80.6 Å². The molecule has 0 saturated heterocycles. The predicted octanol–water partition coefficient (Wildman–Crippen LogP) is 4.03. The van der Waals surface area contributed by atoms with Crippen LogP contribution in [0, 0.1) is 5.82 Å². The van der Waals surface area contributed by atoms with Crippen LogP contribution in [0.15, 0.2) is 65.1 Å². The minimum Gasteiger partial charge on any atom is -0.484 e. The Morgan fingerprint density at radius 1 is 0.970 bits per heavy atom. The summed E-state index contributed by atoms with van der Waals surface area (Å²) in [7, 11) is 0. The van der Waals surface area contributed by atoms with E-state index in [9.17, 15) is 14.0 Å². The Bertz CT molecular complexity index is 1090. The van der Waals surface area contributed by atoms with Gasteiger partial charge in [0.25, 0.3) is 5.91 Å². The van der Waals surface area contributed by atoms with Crippen LogP contribution < -0.4 is 15.4 Å². The van der Waals surface area contributed by atoms with Crippen molar-refractivity contribution in [2.45, 2.75) is 38.1 Å². The summed E-state index contributed by atoms with van der Waals surface area (Å²) in [6, 6.07) is 17.8. The molecule has 0 aliphatic heterocycles. The van der Waals surface area contributed by atoms with E-state index < -0.39 is 0 Å². The summed E-state index contributed by atoms with van der Waals surface area (Å²) in [6.07, 6.45) is 3.53. The third-order valence-electron chi connectivity index (χ3n) is 5.37. The second kappa shape index (κ2) is 10.8. The zero-order valence-electron chi connectivity index (χ0n) is 18.3. The maximum atomic E-state index is 13.9. The van der Waals surface area contributed by atoms with Gasteiger partial charge >= 0.3 is 0 Å². The van der Waals surface area contributed by atoms with E-state index in [0.29, 0.717) is 54.7 Å². The summed E-state index contributed by atoms with van der Waals surface area (Å²) >= 11 is 0. The Morgan fingerprint density at radius 3 is 2.52 bits per heavy atom. The van der Waals surface area contributed by atoms with Crippen molar-refractivity contribution < 1.29 is 23.1 Å². The Labute approximate surface area is 192 Å². The Kier molecular flexibility index (Phi) is 7.40. The molecular weight excluding hydrogens is 423 g/mol. The lowest BCUT2D eigenvalue weighted by atomic mass is 10.1. The Hall–Kier alpha value is -3.61. The minimum atomic E-state index is -0.338. The van der Waals surface area contributed by atoms with Crippen molar-refractivity contribution in [1.82, 2.24) is 10.6 Å². The molecule has 0 bridgehead atoms. The Morgan fingerprint density at radius 2 is 1.76 bits per heavy atom. The van der Waals surface area contributed by atoms with Crippen molar-refractivity contribution in [3.8, 4) is 17.1 Å². The SMILES string of the molecule is O=C(CCc1ccc(-c2ccccc2F)o1)NCCc1ccc(OCC(=O)NC2CC2)cc1. The molecule has 1 fully saturated rings. The molecule has 4 rings (SSSR count). The van der Waals surface area contributed by atoms with Gasteiger partial charge in [0, 0.05) is 25.4 Å². The average molecular weight is 451 g/mol. The molecule has 2 amide bonds. The van der Waals surface area contributed by atoms with Crippen LogP contribution in [0.25, 0.3) is 11.3 Å². The average Bonchev–Trinajstić information content (AvgIpc) is 3.50. The summed E-state index contributed by atoms with van der Waals surface area (Å²) in [5, 5.41) is 5.78. The molecule has 0 radical (unpaired) electrons. The highest BCUT2D eigenvalue weighted by atomic mass is 19.1. The fraction of sp³-hybridized carbons (Fsp3) is 0.308. The molecule has 7 heteroatoms. The summed E-state index contributed by atoms with van der Waals surface area (Å²) in [5.41, 5.74) is 1.47. The van der Waals surface area contributed by atoms with Crippen LogP contribution in [0.4, 0.5) is 4.39 Å². The first-order valence-corrected chi connectivity index (χ1v) is 11.2. The summed E-state index contributed by atoms with van der Waals surface area (Å²) in [6.45, 7) is 0.533. The molecule has 0 spiro atoms. The van der Waals surface area contributed by atoms with Gasteiger partial charge in [-0.1, -0.05) is 24.3 Å². The standard InChI is InChI=1S/C26H27FN2O4/c27-23-4-2-1-3-22(23)24-13-11-21(33-24)12-14-25(30)28-16-15-18-5-9-20(10-6-18)32-17-26(31)29-19-7-8-19/h1-6,9-11,13,19H,7-8,12,14-17H2,(H,28,30)(H,29,31). The van der Waals surface area contributed by atoms with Crippen LogP contribution in [-0.4, -0.2) is 31.0 Å². The number of benzene rings is 2. The number of carbonyl (C=O) groups excluding carboxylic acids is 2. The van der Waals surface area contributed by atoms with E-state index in [-0.39, 0.29) is 24.2 Å². The summed E-state index contributed by atoms with van der Waals surface area (Å²) < 4.78 is 25.0. The van der Waals surface area contributed by atoms with E-state index in [0.717, 1.165) is 18.4 Å². The molecule has 3 aromatic rings. The van der Waals surface area contributed by atoms with Gasteiger partial charge in [-0.2, -0.15) is 0 Å². The molecule has 1 heterocycles. The van der Waals surface area contributed by atoms with Crippen molar-refractivity contribution in [2.24, 2.45) is 0 Å². The van der Waals surface area contributed by atoms with Gasteiger partial charge in [0.15, 0.2) is 6.61 Å². The number of halogens is 1. The molecular formula is C26H27FN2O4. The van der Waals surface area contributed by atoms with Gasteiger partial charge in [-0.05, 0) is 61.2 Å². The quantitative estimate of drug-likeness (QED) is 0.462. The van der Waals surface area contributed by atoms with Crippen molar-refractivity contribution >= 4 is 11.8 Å². The molecule has 2 aromatic carbocycles. The molecule has 1 aliphatic carbocycles. The molecule has 0 unspecified atom stereocenters. The summed E-state index contributed by atoms with van der Waals surface area (Å²) in [5.74, 6) is 1.24. The molecule has 1 aromatic heterocycles. The largest absolute Gasteiger partial charge is 0.484 e. The van der Waals surface area contributed by atoms with E-state index in [1.54, 1.807) is 30.3 Å². The zero-order chi connectivity index (χ0) is 23.0. The number of rotatable bonds is 11. The van der Waals surface area contributed by atoms with E-state index in [1.807, 2.05) is 24.3 Å². The number of aryl methyl sites for hydroxylation is 1. The third-order valence-corrected chi connectivity index (χ3v) is 5.37. The first kappa shape index (κ1) is 22.6. The number of amides is 2. The lowest BCUT2D eigenvalue weighted by Crippen LogP contribution is -2.30. The second-order valence-electron chi connectivity index (χ2n) is 8.12. The van der Waals surface area contributed by atoms with Crippen molar-refractivity contribution in [1.29, 1.82) is 0 Å². The van der Waals surface area contributed by atoms with E-state index in [1.165, 1.54) is 6.07 Å². The number of hydrogen-bond donors (Lipinski definition) is 2. The molecule has 0 atom stereocenters. The van der Waals surface area contributed by atoms with Gasteiger partial charge in [0.1, 0.15) is 23.1 Å². The normalized spacial score (nSPS) is 12.9. The van der Waals surface area contributed by atoms with Crippen molar-refractivity contribution in [3.63, 3.8) is 0 Å². The van der Waals surface area contributed by atoms with Gasteiger partial charge in [0.05, 0.1) is 5.56 Å². The maximum absolute atomic E-state index is 13.9. The number of hydrogen-bond acceptors (Lipinski definition) is 4. The van der Waals surface area contributed by atoms with Gasteiger partial charge < -0.3 is 19.8 Å². The molecule has 6 nitrogen and oxygen atoms in total. The van der Waals surface area contributed by atoms with Gasteiger partial charge in [0.2, 0.25) is 5.91 Å². The highest BCUT2D eigenvalue weighted by molar-refractivity contribution is 5.78. The lowest BCUT2D eigenvalue weighted by molar-refractivity contribution is -0.123. The first-order chi connectivity index (χ1) is 16.1. The minimum absolute atomic E-state index is 0.0172. The van der Waals surface area contributed by atoms with Gasteiger partial charge in [-0.3, -0.25) is 9.59 Å². The Balaban J connectivity index is 1.14. The maximum Gasteiger partial charge on any atom is 0.258 e. The van der Waals surface area contributed by atoms with Crippen LogP contribution >= 0.6 is 0 Å². The third kappa shape index (κ3) is 6.94. The van der Waals surface area contributed by atoms with Crippen molar-refractivity contribution in [3.05, 3.63) is 77.8 Å². The molecule has 1 saturated carbocycles. The smallest absolute Gasteiger partial charge is 0.258 e. The monoisotopic (exact) mass is 450 g/mol. The number of nitrogens with one attached hydrogen (secondary N) is 2. The fourth-order valence-electron chi connectivity index (χ4n) is 3.39. The van der Waals surface area contributed by atoms with Crippen LogP contribution in [0.5, 0.6) is 5.75 Å². The molecule has 1 aliphatic rings. The van der Waals surface area contributed by atoms with Gasteiger partial charge in [-0.25, -0.2) is 4.39 Å².